The summed E-state index contributed by atoms with van der Waals surface area (Å²) in [7, 11) is 0. The van der Waals surface area contributed by atoms with Gasteiger partial charge in [0.1, 0.15) is 0 Å². The van der Waals surface area contributed by atoms with Crippen LogP contribution in [0, 0.1) is 11.8 Å². The molecule has 4 nitrogen and oxygen atoms in total. The number of rotatable bonds is 7. The zero-order chi connectivity index (χ0) is 14.3. The number of carbonyl (C=O) groups excluding carboxylic acids is 1. The number of nitrogens with one attached hydrogen (secondary N) is 1. The summed E-state index contributed by atoms with van der Waals surface area (Å²) in [6, 6.07) is 3.97. The summed E-state index contributed by atoms with van der Waals surface area (Å²) in [6.07, 6.45) is 3.51. The van der Waals surface area contributed by atoms with Crippen molar-refractivity contribution in [2.75, 3.05) is 6.54 Å². The standard InChI is InChI=1S/C15H25N3O/c1-4-12-6-5-7-17-14(12)10-18-15(19)13(9-16)8-11(2)3/h5-7,11,13H,4,8-10,16H2,1-3H3,(H,18,19). The molecule has 0 saturated carbocycles. The first-order valence-electron chi connectivity index (χ1n) is 6.99. The zero-order valence-electron chi connectivity index (χ0n) is 12.1. The molecule has 1 rings (SSSR count). The van der Waals surface area contributed by atoms with Gasteiger partial charge in [-0.2, -0.15) is 0 Å². The van der Waals surface area contributed by atoms with Gasteiger partial charge >= 0.3 is 0 Å². The number of nitrogens with zero attached hydrogens (tertiary/aromatic N) is 1. The Morgan fingerprint density at radius 3 is 2.79 bits per heavy atom. The van der Waals surface area contributed by atoms with Gasteiger partial charge < -0.3 is 11.1 Å². The Balaban J connectivity index is 2.57. The number of hydrogen-bond acceptors (Lipinski definition) is 3. The van der Waals surface area contributed by atoms with Crippen molar-refractivity contribution in [3.63, 3.8) is 0 Å². The van der Waals surface area contributed by atoms with Crippen molar-refractivity contribution in [3.8, 4) is 0 Å². The lowest BCUT2D eigenvalue weighted by Gasteiger charge is -2.17. The van der Waals surface area contributed by atoms with Gasteiger partial charge in [0.05, 0.1) is 18.2 Å². The number of pyridine rings is 1. The number of aromatic nitrogens is 1. The molecule has 1 atom stereocenters. The normalized spacial score (nSPS) is 12.5. The minimum atomic E-state index is -0.103. The van der Waals surface area contributed by atoms with E-state index in [4.69, 9.17) is 5.73 Å². The van der Waals surface area contributed by atoms with Gasteiger partial charge in [-0.1, -0.05) is 26.8 Å². The monoisotopic (exact) mass is 263 g/mol. The highest BCUT2D eigenvalue weighted by molar-refractivity contribution is 5.78. The predicted molar refractivity (Wildman–Crippen MR) is 77.5 cm³/mol. The number of amides is 1. The molecule has 0 aliphatic heterocycles. The molecule has 4 heteroatoms. The molecule has 0 bridgehead atoms. The number of nitrogens with two attached hydrogens (primary N) is 1. The van der Waals surface area contributed by atoms with E-state index in [0.717, 1.165) is 18.5 Å². The van der Waals surface area contributed by atoms with Crippen molar-refractivity contribution in [3.05, 3.63) is 29.6 Å². The van der Waals surface area contributed by atoms with Crippen LogP contribution in [-0.2, 0) is 17.8 Å². The van der Waals surface area contributed by atoms with Crippen LogP contribution in [0.15, 0.2) is 18.3 Å². The van der Waals surface area contributed by atoms with Crippen LogP contribution in [-0.4, -0.2) is 17.4 Å². The third kappa shape index (κ3) is 4.99. The Hall–Kier alpha value is -1.42. The maximum atomic E-state index is 12.1. The highest BCUT2D eigenvalue weighted by Crippen LogP contribution is 2.11. The maximum absolute atomic E-state index is 12.1. The summed E-state index contributed by atoms with van der Waals surface area (Å²) in [5.41, 5.74) is 7.79. The molecule has 1 unspecified atom stereocenters. The van der Waals surface area contributed by atoms with Gasteiger partial charge in [-0.25, -0.2) is 0 Å². The lowest BCUT2D eigenvalue weighted by Crippen LogP contribution is -2.35. The predicted octanol–water partition coefficient (Wildman–Crippen LogP) is 1.88. The summed E-state index contributed by atoms with van der Waals surface area (Å²) in [5, 5.41) is 2.95. The molecule has 19 heavy (non-hydrogen) atoms. The molecule has 0 aliphatic rings. The van der Waals surface area contributed by atoms with Gasteiger partial charge in [-0.15, -0.1) is 0 Å². The van der Waals surface area contributed by atoms with E-state index in [1.165, 1.54) is 5.56 Å². The topological polar surface area (TPSA) is 68.0 Å². The Kier molecular flexibility index (Phi) is 6.50. The summed E-state index contributed by atoms with van der Waals surface area (Å²) >= 11 is 0. The molecule has 1 heterocycles. The molecule has 106 valence electrons. The van der Waals surface area contributed by atoms with Gasteiger partial charge in [0.15, 0.2) is 0 Å². The summed E-state index contributed by atoms with van der Waals surface area (Å²) in [6.45, 7) is 7.17. The van der Waals surface area contributed by atoms with Crippen molar-refractivity contribution in [1.29, 1.82) is 0 Å². The van der Waals surface area contributed by atoms with Crippen LogP contribution in [0.3, 0.4) is 0 Å². The number of carbonyl (C=O) groups is 1. The minimum absolute atomic E-state index is 0.0314. The van der Waals surface area contributed by atoms with E-state index in [1.807, 2.05) is 12.1 Å². The highest BCUT2D eigenvalue weighted by Gasteiger charge is 2.18. The van der Waals surface area contributed by atoms with E-state index in [1.54, 1.807) is 6.20 Å². The first kappa shape index (κ1) is 15.6. The molecule has 1 aromatic heterocycles. The van der Waals surface area contributed by atoms with Crippen LogP contribution >= 0.6 is 0 Å². The van der Waals surface area contributed by atoms with E-state index in [2.05, 4.69) is 31.1 Å². The summed E-state index contributed by atoms with van der Waals surface area (Å²) in [5.74, 6) is 0.401. The van der Waals surface area contributed by atoms with Gasteiger partial charge in [-0.05, 0) is 30.4 Å². The van der Waals surface area contributed by atoms with Crippen LogP contribution in [0.5, 0.6) is 0 Å². The van der Waals surface area contributed by atoms with E-state index >= 15 is 0 Å². The first-order chi connectivity index (χ1) is 9.08. The van der Waals surface area contributed by atoms with Crippen LogP contribution in [0.1, 0.15) is 38.4 Å². The fraction of sp³-hybridized carbons (Fsp3) is 0.600. The Morgan fingerprint density at radius 2 is 2.21 bits per heavy atom. The van der Waals surface area contributed by atoms with Gasteiger partial charge in [-0.3, -0.25) is 9.78 Å². The molecular weight excluding hydrogens is 238 g/mol. The van der Waals surface area contributed by atoms with E-state index in [-0.39, 0.29) is 11.8 Å². The van der Waals surface area contributed by atoms with Crippen molar-refractivity contribution >= 4 is 5.91 Å². The Morgan fingerprint density at radius 1 is 1.47 bits per heavy atom. The molecule has 0 aliphatic carbocycles. The van der Waals surface area contributed by atoms with Gasteiger partial charge in [0.2, 0.25) is 5.91 Å². The van der Waals surface area contributed by atoms with E-state index in [0.29, 0.717) is 19.0 Å². The van der Waals surface area contributed by atoms with Crippen LogP contribution in [0.25, 0.3) is 0 Å². The second-order valence-corrected chi connectivity index (χ2v) is 5.24. The molecule has 3 N–H and O–H groups in total. The fourth-order valence-electron chi connectivity index (χ4n) is 2.15. The van der Waals surface area contributed by atoms with Crippen molar-refractivity contribution in [2.24, 2.45) is 17.6 Å². The third-order valence-corrected chi connectivity index (χ3v) is 3.21. The Bertz CT molecular complexity index is 404. The molecule has 1 amide bonds. The minimum Gasteiger partial charge on any atom is -0.350 e. The van der Waals surface area contributed by atoms with Gasteiger partial charge in [0, 0.05) is 12.7 Å². The smallest absolute Gasteiger partial charge is 0.224 e. The first-order valence-corrected chi connectivity index (χ1v) is 6.99. The third-order valence-electron chi connectivity index (χ3n) is 3.21. The maximum Gasteiger partial charge on any atom is 0.224 e. The number of hydrogen-bond donors (Lipinski definition) is 2. The van der Waals surface area contributed by atoms with Crippen molar-refractivity contribution in [2.45, 2.75) is 40.2 Å². The highest BCUT2D eigenvalue weighted by atomic mass is 16.1. The van der Waals surface area contributed by atoms with Crippen molar-refractivity contribution < 1.29 is 4.79 Å². The van der Waals surface area contributed by atoms with E-state index in [9.17, 15) is 4.79 Å². The molecule has 0 radical (unpaired) electrons. The number of aryl methyl sites for hydroxylation is 1. The molecule has 0 fully saturated rings. The largest absolute Gasteiger partial charge is 0.350 e. The van der Waals surface area contributed by atoms with Crippen molar-refractivity contribution in [1.82, 2.24) is 10.3 Å². The lowest BCUT2D eigenvalue weighted by atomic mass is 9.96. The average molecular weight is 263 g/mol. The molecule has 1 aromatic rings. The molecule has 0 spiro atoms. The Labute approximate surface area is 115 Å². The van der Waals surface area contributed by atoms with Crippen LogP contribution < -0.4 is 11.1 Å². The lowest BCUT2D eigenvalue weighted by molar-refractivity contribution is -0.125. The average Bonchev–Trinajstić information content (AvgIpc) is 2.42. The van der Waals surface area contributed by atoms with Crippen LogP contribution in [0.4, 0.5) is 0 Å². The quantitative estimate of drug-likeness (QED) is 0.789. The molecular formula is C15H25N3O. The van der Waals surface area contributed by atoms with E-state index < -0.39 is 0 Å². The molecule has 0 saturated heterocycles. The summed E-state index contributed by atoms with van der Waals surface area (Å²) in [4.78, 5) is 16.4. The summed E-state index contributed by atoms with van der Waals surface area (Å²) < 4.78 is 0. The molecule has 0 aromatic carbocycles. The second kappa shape index (κ2) is 7.89. The van der Waals surface area contributed by atoms with Crippen LogP contribution in [0.2, 0.25) is 0 Å². The zero-order valence-corrected chi connectivity index (χ0v) is 12.1. The SMILES string of the molecule is CCc1cccnc1CNC(=O)C(CN)CC(C)C. The fourth-order valence-corrected chi connectivity index (χ4v) is 2.15. The van der Waals surface area contributed by atoms with Gasteiger partial charge in [0.25, 0.3) is 0 Å². The second-order valence-electron chi connectivity index (χ2n) is 5.24.